The summed E-state index contributed by atoms with van der Waals surface area (Å²) in [5.41, 5.74) is -0.253. The number of rotatable bonds is 7. The Kier molecular flexibility index (Phi) is 8.21. The highest BCUT2D eigenvalue weighted by molar-refractivity contribution is 14.0. The van der Waals surface area contributed by atoms with Gasteiger partial charge in [-0.1, -0.05) is 113 Å². The zero-order valence-corrected chi connectivity index (χ0v) is 25.3. The smallest absolute Gasteiger partial charge is 0.193 e. The number of hydrogen-bond acceptors (Lipinski definition) is 1. The predicted octanol–water partition coefficient (Wildman–Crippen LogP) is 8.18. The fraction of sp³-hybridized carbons (Fsp3) is 0.448. The summed E-state index contributed by atoms with van der Waals surface area (Å²) in [4.78, 5) is 0. The maximum atomic E-state index is 7.60. The van der Waals surface area contributed by atoms with Crippen molar-refractivity contribution in [3.05, 3.63) is 85.0 Å². The maximum Gasteiger partial charge on any atom is 0.193 e. The van der Waals surface area contributed by atoms with Gasteiger partial charge in [0.2, 0.25) is 0 Å². The van der Waals surface area contributed by atoms with Crippen molar-refractivity contribution in [3.8, 4) is 0 Å². The van der Waals surface area contributed by atoms with E-state index in [0.717, 1.165) is 6.42 Å². The summed E-state index contributed by atoms with van der Waals surface area (Å²) >= 11 is 0. The molecule has 1 nitrogen and oxygen atoms in total. The van der Waals surface area contributed by atoms with Crippen LogP contribution in [0.4, 0.5) is 0 Å². The highest BCUT2D eigenvalue weighted by Crippen LogP contribution is 2.66. The number of halogens is 1. The molecule has 178 valence electrons. The first-order valence-corrected chi connectivity index (χ1v) is 16.4. The van der Waals surface area contributed by atoms with Crippen molar-refractivity contribution < 1.29 is 4.43 Å². The molecule has 1 fully saturated rings. The van der Waals surface area contributed by atoms with Gasteiger partial charge >= 0.3 is 0 Å². The summed E-state index contributed by atoms with van der Waals surface area (Å²) in [5.74, 6) is 0.593. The third-order valence-corrected chi connectivity index (χ3v) is 15.6. The Morgan fingerprint density at radius 2 is 1.36 bits per heavy atom. The zero-order valence-electron chi connectivity index (χ0n) is 21.0. The van der Waals surface area contributed by atoms with Crippen molar-refractivity contribution >= 4 is 50.8 Å². The van der Waals surface area contributed by atoms with E-state index < -0.39 is 16.2 Å². The first-order chi connectivity index (χ1) is 15.2. The van der Waals surface area contributed by atoms with Crippen molar-refractivity contribution in [3.63, 3.8) is 0 Å². The van der Waals surface area contributed by atoms with Crippen molar-refractivity contribution in [2.75, 3.05) is 0 Å². The van der Waals surface area contributed by atoms with Crippen LogP contribution in [0.5, 0.6) is 0 Å². The average Bonchev–Trinajstić information content (AvgIpc) is 3.61. The molecule has 2 atom stereocenters. The van der Waals surface area contributed by atoms with Crippen LogP contribution in [0, 0.1) is 5.92 Å². The molecule has 0 N–H and O–H groups in total. The fourth-order valence-electron chi connectivity index (χ4n) is 5.04. The molecule has 4 heteroatoms. The Hall–Kier alpha value is -0.743. The molecular formula is C29H40IOPSi. The molecule has 0 aliphatic heterocycles. The van der Waals surface area contributed by atoms with E-state index in [2.05, 4.69) is 126 Å². The van der Waals surface area contributed by atoms with Crippen LogP contribution in [-0.2, 0) is 4.43 Å². The summed E-state index contributed by atoms with van der Waals surface area (Å²) in [6.07, 6.45) is 13.2. The van der Waals surface area contributed by atoms with Crippen LogP contribution in [0.15, 0.2) is 85.0 Å². The molecule has 4 rings (SSSR count). The topological polar surface area (TPSA) is 9.23 Å². The van der Waals surface area contributed by atoms with Gasteiger partial charge in [0.1, 0.15) is 0 Å². The van der Waals surface area contributed by atoms with Gasteiger partial charge in [-0.05, 0) is 61.8 Å². The molecule has 1 unspecified atom stereocenters. The molecule has 0 heterocycles. The lowest BCUT2D eigenvalue weighted by Gasteiger charge is -2.57. The molecule has 0 bridgehead atoms. The molecule has 33 heavy (non-hydrogen) atoms. The average molecular weight is 591 g/mol. The van der Waals surface area contributed by atoms with Crippen LogP contribution in [0.3, 0.4) is 0 Å². The van der Waals surface area contributed by atoms with Crippen molar-refractivity contribution in [2.24, 2.45) is 5.92 Å². The second-order valence-electron chi connectivity index (χ2n) is 10.9. The molecule has 0 aromatic heterocycles. The van der Waals surface area contributed by atoms with Crippen LogP contribution in [0.25, 0.3) is 0 Å². The van der Waals surface area contributed by atoms with Crippen molar-refractivity contribution in [1.82, 2.24) is 0 Å². The summed E-state index contributed by atoms with van der Waals surface area (Å²) in [7, 11) is -2.68. The number of hydrogen-bond donors (Lipinski definition) is 0. The molecule has 0 radical (unpaired) electrons. The third-order valence-electron chi connectivity index (χ3n) is 7.88. The molecule has 0 spiro atoms. The first-order valence-electron chi connectivity index (χ1n) is 12.1. The van der Waals surface area contributed by atoms with Gasteiger partial charge in [-0.2, -0.15) is 0 Å². The molecule has 1 saturated carbocycles. The highest BCUT2D eigenvalue weighted by Gasteiger charge is 2.63. The van der Waals surface area contributed by atoms with E-state index in [4.69, 9.17) is 4.43 Å². The molecule has 2 aromatic rings. The maximum absolute atomic E-state index is 7.60. The quantitative estimate of drug-likeness (QED) is 0.180. The summed E-state index contributed by atoms with van der Waals surface area (Å²) in [5, 5.41) is 2.99. The Morgan fingerprint density at radius 3 is 1.79 bits per heavy atom. The molecular weight excluding hydrogens is 550 g/mol. The Morgan fingerprint density at radius 1 is 0.879 bits per heavy atom. The highest BCUT2D eigenvalue weighted by atomic mass is 127. The Labute approximate surface area is 221 Å². The van der Waals surface area contributed by atoms with Gasteiger partial charge in [0, 0.05) is 5.16 Å². The van der Waals surface area contributed by atoms with Gasteiger partial charge in [-0.15, -0.1) is 24.0 Å². The van der Waals surface area contributed by atoms with Crippen LogP contribution in [0.1, 0.15) is 47.0 Å². The summed E-state index contributed by atoms with van der Waals surface area (Å²) in [6, 6.07) is 22.4. The van der Waals surface area contributed by atoms with Gasteiger partial charge in [-0.25, -0.2) is 0 Å². The molecule has 2 aliphatic carbocycles. The van der Waals surface area contributed by atoms with Crippen LogP contribution >= 0.6 is 31.9 Å². The van der Waals surface area contributed by atoms with Crippen molar-refractivity contribution in [1.29, 1.82) is 0 Å². The second kappa shape index (κ2) is 10.1. The second-order valence-corrected chi connectivity index (χ2v) is 18.2. The van der Waals surface area contributed by atoms with E-state index in [-0.39, 0.29) is 39.8 Å². The molecule has 0 saturated heterocycles. The van der Waals surface area contributed by atoms with Gasteiger partial charge in [0.25, 0.3) is 0 Å². The third kappa shape index (κ3) is 4.85. The minimum absolute atomic E-state index is 0. The number of allylic oxidation sites excluding steroid dienone is 2. The minimum Gasteiger partial charge on any atom is -0.406 e. The van der Waals surface area contributed by atoms with Gasteiger partial charge in [0.15, 0.2) is 8.32 Å². The summed E-state index contributed by atoms with van der Waals surface area (Å²) in [6.45, 7) is 14.3. The van der Waals surface area contributed by atoms with Crippen molar-refractivity contribution in [2.45, 2.75) is 75.8 Å². The fourth-order valence-corrected chi connectivity index (χ4v) is 10.1. The van der Waals surface area contributed by atoms with E-state index in [9.17, 15) is 0 Å². The zero-order chi connectivity index (χ0) is 23.0. The van der Waals surface area contributed by atoms with Gasteiger partial charge in [0.05, 0.1) is 5.60 Å². The first kappa shape index (κ1) is 26.9. The largest absolute Gasteiger partial charge is 0.406 e. The van der Waals surface area contributed by atoms with Gasteiger partial charge in [-0.3, -0.25) is 0 Å². The molecule has 0 amide bonds. The van der Waals surface area contributed by atoms with Crippen LogP contribution < -0.4 is 10.6 Å². The van der Waals surface area contributed by atoms with E-state index in [1.165, 1.54) is 23.5 Å². The van der Waals surface area contributed by atoms with Gasteiger partial charge < -0.3 is 4.43 Å². The lowest BCUT2D eigenvalue weighted by molar-refractivity contribution is 0.0486. The van der Waals surface area contributed by atoms with E-state index in [1.807, 2.05) is 0 Å². The lowest BCUT2D eigenvalue weighted by Crippen LogP contribution is -2.62. The van der Waals surface area contributed by atoms with E-state index in [0.29, 0.717) is 5.92 Å². The SMILES string of the molecule is CCC1(P(c2ccccc2)c2ccccc2)C=CC=C[C@@]1(O[Si](C)(C)C(C)(C)C)C1CC1.I. The standard InChI is InChI=1S/C29H39OPSi.HI/c1-7-28(31(25-16-10-8-11-17-25)26-18-12-9-13-19-26)22-14-15-23-29(28,24-20-21-24)30-32(5,6)27(2,3)4;/h8-19,22-24H,7,20-21H2,1-6H3;1H/t28?,29-;/m1./s1. The van der Waals surface area contributed by atoms with E-state index in [1.54, 1.807) is 0 Å². The Balaban J connectivity index is 0.00000306. The van der Waals surface area contributed by atoms with Crippen LogP contribution in [-0.4, -0.2) is 19.1 Å². The Bertz CT molecular complexity index is 938. The number of benzene rings is 2. The molecule has 2 aromatic carbocycles. The van der Waals surface area contributed by atoms with Crippen LogP contribution in [0.2, 0.25) is 18.1 Å². The molecule has 2 aliphatic rings. The summed E-state index contributed by atoms with van der Waals surface area (Å²) < 4.78 is 7.60. The normalized spacial score (nSPS) is 25.2. The van der Waals surface area contributed by atoms with E-state index >= 15 is 0 Å². The predicted molar refractivity (Wildman–Crippen MR) is 160 cm³/mol. The minimum atomic E-state index is -2.02. The lowest BCUT2D eigenvalue weighted by atomic mass is 9.77. The monoisotopic (exact) mass is 590 g/mol.